The molecule has 0 unspecified atom stereocenters. The van der Waals surface area contributed by atoms with Gasteiger partial charge in [-0.3, -0.25) is 0 Å². The number of thiocarbonyl (C=S) groups is 1. The van der Waals surface area contributed by atoms with E-state index in [1.807, 2.05) is 18.3 Å². The van der Waals surface area contributed by atoms with Crippen molar-refractivity contribution in [1.82, 2.24) is 10.3 Å². The Labute approximate surface area is 171 Å². The number of pyridine rings is 1. The van der Waals surface area contributed by atoms with Gasteiger partial charge in [0.1, 0.15) is 5.82 Å². The van der Waals surface area contributed by atoms with E-state index >= 15 is 0 Å². The molecule has 4 rings (SSSR count). The molecular formula is C23H26N4S. The second-order valence-corrected chi connectivity index (χ2v) is 7.81. The molecule has 3 N–H and O–H groups in total. The number of fused-ring (bicyclic) bond motifs is 1. The fourth-order valence-electron chi connectivity index (χ4n) is 3.73. The zero-order valence-electron chi connectivity index (χ0n) is 15.9. The van der Waals surface area contributed by atoms with Crippen LogP contribution in [0.2, 0.25) is 0 Å². The van der Waals surface area contributed by atoms with Crippen LogP contribution >= 0.6 is 12.2 Å². The number of aromatic nitrogens is 1. The third-order valence-corrected chi connectivity index (χ3v) is 5.45. The Hall–Kier alpha value is -2.66. The van der Waals surface area contributed by atoms with Crippen LogP contribution in [-0.4, -0.2) is 16.1 Å². The molecule has 0 spiro atoms. The van der Waals surface area contributed by atoms with Gasteiger partial charge in [0, 0.05) is 11.7 Å². The highest BCUT2D eigenvalue weighted by Crippen LogP contribution is 2.22. The van der Waals surface area contributed by atoms with Gasteiger partial charge in [0.15, 0.2) is 5.11 Å². The maximum absolute atomic E-state index is 5.48. The van der Waals surface area contributed by atoms with Crippen molar-refractivity contribution in [3.8, 4) is 0 Å². The van der Waals surface area contributed by atoms with Crippen molar-refractivity contribution in [3.05, 3.63) is 60.8 Å². The third-order valence-electron chi connectivity index (χ3n) is 5.23. The molecule has 1 aliphatic rings. The second kappa shape index (κ2) is 9.02. The molecule has 0 saturated heterocycles. The molecule has 28 heavy (non-hydrogen) atoms. The lowest BCUT2D eigenvalue weighted by molar-refractivity contribution is 0.535. The first kappa shape index (κ1) is 18.7. The third kappa shape index (κ3) is 4.98. The quantitative estimate of drug-likeness (QED) is 0.377. The van der Waals surface area contributed by atoms with Crippen LogP contribution in [0.4, 0.5) is 17.2 Å². The van der Waals surface area contributed by atoms with E-state index in [0.717, 1.165) is 17.2 Å². The van der Waals surface area contributed by atoms with Crippen molar-refractivity contribution in [2.24, 2.45) is 0 Å². The molecule has 0 radical (unpaired) electrons. The first-order valence-electron chi connectivity index (χ1n) is 10.1. The van der Waals surface area contributed by atoms with E-state index in [4.69, 9.17) is 12.2 Å². The molecule has 1 aromatic heterocycles. The summed E-state index contributed by atoms with van der Waals surface area (Å²) >= 11 is 5.48. The van der Waals surface area contributed by atoms with Crippen molar-refractivity contribution < 1.29 is 0 Å². The zero-order chi connectivity index (χ0) is 19.2. The van der Waals surface area contributed by atoms with Crippen molar-refractivity contribution in [2.45, 2.75) is 44.6 Å². The van der Waals surface area contributed by atoms with Crippen LogP contribution in [0.25, 0.3) is 10.8 Å². The van der Waals surface area contributed by atoms with E-state index in [2.05, 4.69) is 63.4 Å². The Kier molecular flexibility index (Phi) is 6.02. The molecule has 1 fully saturated rings. The summed E-state index contributed by atoms with van der Waals surface area (Å²) in [6, 6.07) is 19.1. The Morgan fingerprint density at radius 1 is 0.857 bits per heavy atom. The van der Waals surface area contributed by atoms with Crippen LogP contribution in [0.1, 0.15) is 38.5 Å². The predicted octanol–water partition coefficient (Wildman–Crippen LogP) is 5.99. The molecular weight excluding hydrogens is 364 g/mol. The smallest absolute Gasteiger partial charge is 0.171 e. The van der Waals surface area contributed by atoms with Crippen molar-refractivity contribution >= 4 is 45.3 Å². The topological polar surface area (TPSA) is 49.0 Å². The summed E-state index contributed by atoms with van der Waals surface area (Å²) in [6.45, 7) is 0. The first-order chi connectivity index (χ1) is 13.8. The summed E-state index contributed by atoms with van der Waals surface area (Å²) in [5.74, 6) is 0.809. The van der Waals surface area contributed by atoms with Crippen LogP contribution in [0.3, 0.4) is 0 Å². The summed E-state index contributed by atoms with van der Waals surface area (Å²) in [5.41, 5.74) is 1.92. The minimum absolute atomic E-state index is 0.490. The molecule has 1 saturated carbocycles. The van der Waals surface area contributed by atoms with E-state index in [-0.39, 0.29) is 0 Å². The molecule has 0 aliphatic heterocycles. The lowest BCUT2D eigenvalue weighted by Gasteiger charge is -2.19. The number of hydrogen-bond acceptors (Lipinski definition) is 3. The molecule has 2 aromatic carbocycles. The highest BCUT2D eigenvalue weighted by Gasteiger charge is 2.13. The SMILES string of the molecule is S=C(Nc1ccc(Nc2ccc3ccccc3c2)nc1)NC1CCCCCC1. The lowest BCUT2D eigenvalue weighted by atomic mass is 10.1. The van der Waals surface area contributed by atoms with E-state index in [9.17, 15) is 0 Å². The zero-order valence-corrected chi connectivity index (χ0v) is 16.8. The van der Waals surface area contributed by atoms with Gasteiger partial charge in [0.05, 0.1) is 11.9 Å². The Morgan fingerprint density at radius 3 is 2.36 bits per heavy atom. The monoisotopic (exact) mass is 390 g/mol. The Bertz CT molecular complexity index is 931. The standard InChI is InChI=1S/C23H26N4S/c28-23(26-19-9-3-1-2-4-10-19)27-21-13-14-22(24-16-21)25-20-12-11-17-7-5-6-8-18(17)15-20/h5-8,11-16,19H,1-4,9-10H2,(H,24,25)(H2,26,27,28). The summed E-state index contributed by atoms with van der Waals surface area (Å²) < 4.78 is 0. The predicted molar refractivity (Wildman–Crippen MR) is 122 cm³/mol. The van der Waals surface area contributed by atoms with Gasteiger partial charge < -0.3 is 16.0 Å². The fraction of sp³-hybridized carbons (Fsp3) is 0.304. The van der Waals surface area contributed by atoms with Gasteiger partial charge in [-0.25, -0.2) is 4.98 Å². The van der Waals surface area contributed by atoms with Crippen molar-refractivity contribution in [2.75, 3.05) is 10.6 Å². The van der Waals surface area contributed by atoms with Gasteiger partial charge in [0.2, 0.25) is 0 Å². The maximum Gasteiger partial charge on any atom is 0.171 e. The van der Waals surface area contributed by atoms with Crippen LogP contribution in [0.5, 0.6) is 0 Å². The van der Waals surface area contributed by atoms with E-state index < -0.39 is 0 Å². The van der Waals surface area contributed by atoms with Crippen LogP contribution in [-0.2, 0) is 0 Å². The van der Waals surface area contributed by atoms with Crippen molar-refractivity contribution in [3.63, 3.8) is 0 Å². The normalized spacial score (nSPS) is 15.0. The van der Waals surface area contributed by atoms with Gasteiger partial charge in [-0.05, 0) is 60.1 Å². The number of anilines is 3. The molecule has 144 valence electrons. The van der Waals surface area contributed by atoms with Gasteiger partial charge >= 0.3 is 0 Å². The molecule has 0 atom stereocenters. The van der Waals surface area contributed by atoms with Gasteiger partial charge in [-0.2, -0.15) is 0 Å². The van der Waals surface area contributed by atoms with Gasteiger partial charge in [-0.1, -0.05) is 56.0 Å². The maximum atomic E-state index is 5.48. The average Bonchev–Trinajstić information content (AvgIpc) is 2.98. The summed E-state index contributed by atoms with van der Waals surface area (Å²) in [5, 5.41) is 13.2. The number of nitrogens with one attached hydrogen (secondary N) is 3. The van der Waals surface area contributed by atoms with E-state index in [1.54, 1.807) is 0 Å². The Morgan fingerprint density at radius 2 is 1.61 bits per heavy atom. The average molecular weight is 391 g/mol. The van der Waals surface area contributed by atoms with Gasteiger partial charge in [-0.15, -0.1) is 0 Å². The highest BCUT2D eigenvalue weighted by atomic mass is 32.1. The minimum atomic E-state index is 0.490. The molecule has 0 amide bonds. The van der Waals surface area contributed by atoms with E-state index in [0.29, 0.717) is 11.2 Å². The fourth-order valence-corrected chi connectivity index (χ4v) is 4.02. The first-order valence-corrected chi connectivity index (χ1v) is 10.5. The van der Waals surface area contributed by atoms with E-state index in [1.165, 1.54) is 49.3 Å². The molecule has 1 aliphatic carbocycles. The van der Waals surface area contributed by atoms with Crippen molar-refractivity contribution in [1.29, 1.82) is 0 Å². The molecule has 1 heterocycles. The molecule has 0 bridgehead atoms. The van der Waals surface area contributed by atoms with Crippen LogP contribution in [0.15, 0.2) is 60.8 Å². The highest BCUT2D eigenvalue weighted by molar-refractivity contribution is 7.80. The van der Waals surface area contributed by atoms with Crippen LogP contribution < -0.4 is 16.0 Å². The number of benzene rings is 2. The molecule has 5 heteroatoms. The number of rotatable bonds is 4. The number of hydrogen-bond donors (Lipinski definition) is 3. The largest absolute Gasteiger partial charge is 0.360 e. The summed E-state index contributed by atoms with van der Waals surface area (Å²) in [4.78, 5) is 4.51. The Balaban J connectivity index is 1.34. The number of nitrogens with zero attached hydrogens (tertiary/aromatic N) is 1. The lowest BCUT2D eigenvalue weighted by Crippen LogP contribution is -2.37. The summed E-state index contributed by atoms with van der Waals surface area (Å²) in [7, 11) is 0. The van der Waals surface area contributed by atoms with Crippen LogP contribution in [0, 0.1) is 0 Å². The van der Waals surface area contributed by atoms with Gasteiger partial charge in [0.25, 0.3) is 0 Å². The minimum Gasteiger partial charge on any atom is -0.360 e. The second-order valence-electron chi connectivity index (χ2n) is 7.41. The molecule has 3 aromatic rings. The summed E-state index contributed by atoms with van der Waals surface area (Å²) in [6.07, 6.45) is 9.48. The molecule has 4 nitrogen and oxygen atoms in total.